The highest BCUT2D eigenvalue weighted by atomic mass is 16.5. The minimum atomic E-state index is -1.06. The maximum Gasteiger partial charge on any atom is 0.407 e. The molecule has 2 aliphatic rings. The van der Waals surface area contributed by atoms with Gasteiger partial charge >= 0.3 is 6.09 Å². The highest BCUT2D eigenvalue weighted by Crippen LogP contribution is 2.25. The number of nitrogens with one attached hydrogen (secondary N) is 1. The van der Waals surface area contributed by atoms with Crippen molar-refractivity contribution in [3.05, 3.63) is 28.7 Å². The fourth-order valence-electron chi connectivity index (χ4n) is 2.79. The van der Waals surface area contributed by atoms with Crippen LogP contribution in [-0.2, 0) is 11.2 Å². The van der Waals surface area contributed by atoms with Crippen LogP contribution in [0.2, 0.25) is 0 Å². The van der Waals surface area contributed by atoms with Crippen LogP contribution in [0.3, 0.4) is 0 Å². The zero-order valence-electron chi connectivity index (χ0n) is 13.2. The molecule has 0 radical (unpaired) electrons. The SMILES string of the molecule is CN(CCc1[nH]nc2c1C(=O)C=C(N1CCOCC1)C2=O)C(=O)O. The number of ether oxygens (including phenoxy) is 1. The monoisotopic (exact) mass is 334 g/mol. The molecule has 9 nitrogen and oxygen atoms in total. The van der Waals surface area contributed by atoms with Gasteiger partial charge in [0.25, 0.3) is 0 Å². The number of carbonyl (C=O) groups is 3. The molecule has 0 saturated carbocycles. The fourth-order valence-corrected chi connectivity index (χ4v) is 2.79. The van der Waals surface area contributed by atoms with Gasteiger partial charge in [-0.3, -0.25) is 14.7 Å². The number of amides is 1. The number of carbonyl (C=O) groups excluding carboxylic acids is 2. The number of aromatic amines is 1. The minimum Gasteiger partial charge on any atom is -0.465 e. The number of fused-ring (bicyclic) bond motifs is 1. The Balaban J connectivity index is 1.81. The van der Waals surface area contributed by atoms with Gasteiger partial charge in [0, 0.05) is 44.9 Å². The second-order valence-corrected chi connectivity index (χ2v) is 5.70. The van der Waals surface area contributed by atoms with Gasteiger partial charge in [0.1, 0.15) is 5.69 Å². The molecule has 0 unspecified atom stereocenters. The van der Waals surface area contributed by atoms with Crippen LogP contribution >= 0.6 is 0 Å². The van der Waals surface area contributed by atoms with E-state index >= 15 is 0 Å². The second-order valence-electron chi connectivity index (χ2n) is 5.70. The Kier molecular flexibility index (Phi) is 4.34. The third-order valence-electron chi connectivity index (χ3n) is 4.18. The summed E-state index contributed by atoms with van der Waals surface area (Å²) in [5.41, 5.74) is 1.18. The van der Waals surface area contributed by atoms with E-state index < -0.39 is 6.09 Å². The first-order valence-electron chi connectivity index (χ1n) is 7.63. The van der Waals surface area contributed by atoms with Gasteiger partial charge in [-0.15, -0.1) is 0 Å². The summed E-state index contributed by atoms with van der Waals surface area (Å²) < 4.78 is 5.26. The Bertz CT molecular complexity index is 717. The van der Waals surface area contributed by atoms with Crippen LogP contribution in [-0.4, -0.2) is 82.7 Å². The van der Waals surface area contributed by atoms with E-state index in [-0.39, 0.29) is 35.8 Å². The number of hydrogen-bond acceptors (Lipinski definition) is 6. The third-order valence-corrected chi connectivity index (χ3v) is 4.18. The quantitative estimate of drug-likeness (QED) is 0.805. The first-order valence-corrected chi connectivity index (χ1v) is 7.63. The van der Waals surface area contributed by atoms with E-state index in [1.54, 1.807) is 0 Å². The lowest BCUT2D eigenvalue weighted by Crippen LogP contribution is -2.39. The molecule has 1 saturated heterocycles. The van der Waals surface area contributed by atoms with Crippen LogP contribution in [0.25, 0.3) is 0 Å². The minimum absolute atomic E-state index is 0.108. The third kappa shape index (κ3) is 2.90. The van der Waals surface area contributed by atoms with Gasteiger partial charge in [0.05, 0.1) is 24.5 Å². The summed E-state index contributed by atoms with van der Waals surface area (Å²) in [4.78, 5) is 38.9. The number of rotatable bonds is 4. The molecule has 1 amide bonds. The predicted octanol–water partition coefficient (Wildman–Crippen LogP) is 0.157. The summed E-state index contributed by atoms with van der Waals surface area (Å²) in [6, 6.07) is 0. The maximum atomic E-state index is 12.6. The van der Waals surface area contributed by atoms with Crippen molar-refractivity contribution in [1.29, 1.82) is 0 Å². The number of allylic oxidation sites excluding steroid dienone is 2. The van der Waals surface area contributed by atoms with E-state index in [4.69, 9.17) is 9.84 Å². The molecule has 1 aromatic rings. The molecule has 0 aromatic carbocycles. The van der Waals surface area contributed by atoms with Crippen molar-refractivity contribution < 1.29 is 24.2 Å². The molecule has 24 heavy (non-hydrogen) atoms. The number of morpholine rings is 1. The number of H-pyrrole nitrogens is 1. The van der Waals surface area contributed by atoms with Crippen molar-refractivity contribution in [2.45, 2.75) is 6.42 Å². The lowest BCUT2D eigenvalue weighted by molar-refractivity contribution is 0.0500. The highest BCUT2D eigenvalue weighted by Gasteiger charge is 2.34. The molecule has 0 atom stereocenters. The Morgan fingerprint density at radius 1 is 1.42 bits per heavy atom. The molecule has 128 valence electrons. The smallest absolute Gasteiger partial charge is 0.407 e. The summed E-state index contributed by atoms with van der Waals surface area (Å²) in [7, 11) is 1.44. The van der Waals surface area contributed by atoms with E-state index in [1.807, 2.05) is 4.90 Å². The summed E-state index contributed by atoms with van der Waals surface area (Å²) >= 11 is 0. The van der Waals surface area contributed by atoms with Crippen LogP contribution in [0.15, 0.2) is 11.8 Å². The second kappa shape index (κ2) is 6.44. The Hall–Kier alpha value is -2.68. The van der Waals surface area contributed by atoms with Gasteiger partial charge in [-0.1, -0.05) is 0 Å². The maximum absolute atomic E-state index is 12.6. The summed E-state index contributed by atoms with van der Waals surface area (Å²) in [6.07, 6.45) is 0.570. The van der Waals surface area contributed by atoms with E-state index in [2.05, 4.69) is 10.2 Å². The van der Waals surface area contributed by atoms with Crippen LogP contribution in [0.4, 0.5) is 4.79 Å². The van der Waals surface area contributed by atoms with Gasteiger partial charge in [-0.25, -0.2) is 4.79 Å². The number of nitrogens with zero attached hydrogens (tertiary/aromatic N) is 3. The topological polar surface area (TPSA) is 116 Å². The molecule has 1 aliphatic heterocycles. The number of carboxylic acid groups (broad SMARTS) is 1. The number of Topliss-reactive ketones (excluding diaryl/α,β-unsaturated/α-hetero) is 1. The fraction of sp³-hybridized carbons (Fsp3) is 0.467. The van der Waals surface area contributed by atoms with Gasteiger partial charge < -0.3 is 19.6 Å². The first-order chi connectivity index (χ1) is 11.5. The van der Waals surface area contributed by atoms with Crippen LogP contribution in [0, 0.1) is 0 Å². The average molecular weight is 334 g/mol. The average Bonchev–Trinajstić information content (AvgIpc) is 3.01. The van der Waals surface area contributed by atoms with E-state index in [0.717, 1.165) is 4.90 Å². The van der Waals surface area contributed by atoms with Crippen molar-refractivity contribution in [3.63, 3.8) is 0 Å². The molecule has 2 N–H and O–H groups in total. The van der Waals surface area contributed by atoms with Crippen molar-refractivity contribution in [3.8, 4) is 0 Å². The molecule has 1 aliphatic carbocycles. The Morgan fingerprint density at radius 2 is 2.12 bits per heavy atom. The van der Waals surface area contributed by atoms with Crippen molar-refractivity contribution in [2.75, 3.05) is 39.9 Å². The Labute approximate surface area is 137 Å². The molecule has 0 bridgehead atoms. The number of likely N-dealkylation sites (N-methyl/N-ethyl adjacent to an activating group) is 1. The highest BCUT2D eigenvalue weighted by molar-refractivity contribution is 6.23. The normalized spacial score (nSPS) is 17.5. The molecule has 2 heterocycles. The molecule has 1 aromatic heterocycles. The van der Waals surface area contributed by atoms with Crippen molar-refractivity contribution in [2.24, 2.45) is 0 Å². The molecule has 0 spiro atoms. The molecule has 9 heteroatoms. The lowest BCUT2D eigenvalue weighted by atomic mass is 9.95. The van der Waals surface area contributed by atoms with Crippen LogP contribution < -0.4 is 0 Å². The lowest BCUT2D eigenvalue weighted by Gasteiger charge is -2.31. The molecular formula is C15H18N4O5. The Morgan fingerprint density at radius 3 is 2.79 bits per heavy atom. The number of hydrogen-bond donors (Lipinski definition) is 2. The summed E-state index contributed by atoms with van der Waals surface area (Å²) in [5.74, 6) is -0.576. The van der Waals surface area contributed by atoms with E-state index in [9.17, 15) is 14.4 Å². The van der Waals surface area contributed by atoms with Crippen LogP contribution in [0.5, 0.6) is 0 Å². The molecule has 3 rings (SSSR count). The zero-order valence-corrected chi connectivity index (χ0v) is 13.2. The van der Waals surface area contributed by atoms with E-state index in [1.165, 1.54) is 13.1 Å². The molecular weight excluding hydrogens is 316 g/mol. The number of aromatic nitrogens is 2. The number of ketones is 2. The van der Waals surface area contributed by atoms with Gasteiger partial charge in [-0.2, -0.15) is 5.10 Å². The predicted molar refractivity (Wildman–Crippen MR) is 82.1 cm³/mol. The van der Waals surface area contributed by atoms with Gasteiger partial charge in [-0.05, 0) is 0 Å². The van der Waals surface area contributed by atoms with Crippen molar-refractivity contribution in [1.82, 2.24) is 20.0 Å². The van der Waals surface area contributed by atoms with Gasteiger partial charge in [0.15, 0.2) is 5.78 Å². The van der Waals surface area contributed by atoms with Crippen molar-refractivity contribution >= 4 is 17.7 Å². The standard InChI is InChI=1S/C15H18N4O5/c1-18(15(22)23)3-2-9-12-11(20)8-10(14(21)13(12)17-16-9)19-4-6-24-7-5-19/h8H,2-7H2,1H3,(H,16,17)(H,22,23). The van der Waals surface area contributed by atoms with Gasteiger partial charge in [0.2, 0.25) is 5.78 Å². The summed E-state index contributed by atoms with van der Waals surface area (Å²) in [5, 5.41) is 15.6. The van der Waals surface area contributed by atoms with E-state index in [0.29, 0.717) is 37.7 Å². The largest absolute Gasteiger partial charge is 0.465 e. The van der Waals surface area contributed by atoms with Crippen LogP contribution in [0.1, 0.15) is 26.5 Å². The first kappa shape index (κ1) is 16.2. The molecule has 1 fully saturated rings. The zero-order chi connectivity index (χ0) is 17.3. The summed E-state index contributed by atoms with van der Waals surface area (Å²) in [6.45, 7) is 2.34.